The molecule has 0 heterocycles. The van der Waals surface area contributed by atoms with Gasteiger partial charge in [-0.05, 0) is 55.5 Å². The van der Waals surface area contributed by atoms with Crippen molar-refractivity contribution < 1.29 is 32.1 Å². The Morgan fingerprint density at radius 2 is 1.46 bits per heavy atom. The summed E-state index contributed by atoms with van der Waals surface area (Å²) in [6.07, 6.45) is -4.45. The molecule has 9 heteroatoms. The maximum Gasteiger partial charge on any atom is 0.416 e. The summed E-state index contributed by atoms with van der Waals surface area (Å²) in [5.74, 6) is -1.22. The predicted octanol–water partition coefficient (Wildman–Crippen LogP) is 2.32. The summed E-state index contributed by atoms with van der Waals surface area (Å²) in [7, 11) is 1.64. The van der Waals surface area contributed by atoms with Gasteiger partial charge < -0.3 is 15.5 Å². The highest BCUT2D eigenvalue weighted by Gasteiger charge is 2.30. The lowest BCUT2D eigenvalue weighted by atomic mass is 10.2. The van der Waals surface area contributed by atoms with Gasteiger partial charge in [0.15, 0.2) is 12.6 Å². The van der Waals surface area contributed by atoms with Gasteiger partial charge in [0.2, 0.25) is 0 Å². The molecule has 0 spiro atoms. The third kappa shape index (κ3) is 6.05. The number of rotatable bonds is 6. The standard InChI is InChI=1S/C19H19F4N3O2/c1-12(18(28)25-16-7-3-13(4-8-16)19(21,22)23)26(2)11-17(27)24-15-9-5-14(20)6-10-15/h3-10,12H,11H2,1-2H3,(H,24,27)(H,25,28)/p+1/t12-/m0/s1. The zero-order valence-electron chi connectivity index (χ0n) is 15.2. The fourth-order valence-electron chi connectivity index (χ4n) is 2.36. The minimum absolute atomic E-state index is 0.0288. The largest absolute Gasteiger partial charge is 0.416 e. The molecule has 28 heavy (non-hydrogen) atoms. The smallest absolute Gasteiger partial charge is 0.321 e. The number of hydrogen-bond acceptors (Lipinski definition) is 2. The molecule has 2 atom stereocenters. The maximum atomic E-state index is 12.9. The number of quaternary nitrogens is 1. The SMILES string of the molecule is C[C@@H](C(=O)Nc1ccc(C(F)(F)F)cc1)[NH+](C)CC(=O)Nc1ccc(F)cc1. The van der Waals surface area contributed by atoms with Crippen LogP contribution >= 0.6 is 0 Å². The van der Waals surface area contributed by atoms with E-state index in [9.17, 15) is 27.2 Å². The van der Waals surface area contributed by atoms with E-state index in [4.69, 9.17) is 0 Å². The molecule has 150 valence electrons. The minimum Gasteiger partial charge on any atom is -0.321 e. The summed E-state index contributed by atoms with van der Waals surface area (Å²) >= 11 is 0. The van der Waals surface area contributed by atoms with Crippen LogP contribution in [0.2, 0.25) is 0 Å². The third-order valence-corrected chi connectivity index (χ3v) is 4.18. The van der Waals surface area contributed by atoms with Crippen LogP contribution in [0, 0.1) is 5.82 Å². The fourth-order valence-corrected chi connectivity index (χ4v) is 2.36. The Kier molecular flexibility index (Phi) is 6.74. The first kappa shape index (κ1) is 21.4. The predicted molar refractivity (Wildman–Crippen MR) is 96.3 cm³/mol. The summed E-state index contributed by atoms with van der Waals surface area (Å²) in [6, 6.07) is 8.74. The number of alkyl halides is 3. The van der Waals surface area contributed by atoms with E-state index >= 15 is 0 Å². The van der Waals surface area contributed by atoms with Crippen LogP contribution in [0.25, 0.3) is 0 Å². The number of carbonyl (C=O) groups is 2. The maximum absolute atomic E-state index is 12.9. The zero-order chi connectivity index (χ0) is 20.9. The van der Waals surface area contributed by atoms with Gasteiger partial charge in [0.05, 0.1) is 12.6 Å². The Balaban J connectivity index is 1.89. The summed E-state index contributed by atoms with van der Waals surface area (Å²) in [6.45, 7) is 1.57. The van der Waals surface area contributed by atoms with Crippen molar-refractivity contribution in [3.63, 3.8) is 0 Å². The average Bonchev–Trinajstić information content (AvgIpc) is 2.62. The second-order valence-corrected chi connectivity index (χ2v) is 6.36. The number of benzene rings is 2. The van der Waals surface area contributed by atoms with E-state index in [0.717, 1.165) is 12.1 Å². The molecule has 2 amide bonds. The van der Waals surface area contributed by atoms with Gasteiger partial charge in [-0.15, -0.1) is 0 Å². The molecule has 1 unspecified atom stereocenters. The van der Waals surface area contributed by atoms with Gasteiger partial charge in [-0.2, -0.15) is 13.2 Å². The topological polar surface area (TPSA) is 62.6 Å². The summed E-state index contributed by atoms with van der Waals surface area (Å²) in [4.78, 5) is 24.9. The number of halogens is 4. The molecule has 0 bridgehead atoms. The molecule has 0 aromatic heterocycles. The van der Waals surface area contributed by atoms with E-state index in [0.29, 0.717) is 10.6 Å². The Morgan fingerprint density at radius 1 is 0.964 bits per heavy atom. The molecule has 0 radical (unpaired) electrons. The van der Waals surface area contributed by atoms with Gasteiger partial charge in [0, 0.05) is 11.4 Å². The van der Waals surface area contributed by atoms with Crippen LogP contribution in [0.5, 0.6) is 0 Å². The van der Waals surface area contributed by atoms with Crippen molar-refractivity contribution in [2.24, 2.45) is 0 Å². The number of amides is 2. The van der Waals surface area contributed by atoms with Crippen LogP contribution in [0.3, 0.4) is 0 Å². The number of likely N-dealkylation sites (N-methyl/N-ethyl adjacent to an activating group) is 1. The molecular weight excluding hydrogens is 378 g/mol. The highest BCUT2D eigenvalue weighted by atomic mass is 19.4. The second-order valence-electron chi connectivity index (χ2n) is 6.36. The summed E-state index contributed by atoms with van der Waals surface area (Å²) in [5.41, 5.74) is -0.145. The molecule has 0 aliphatic rings. The Labute approximate surface area is 159 Å². The van der Waals surface area contributed by atoms with Gasteiger partial charge in [0.25, 0.3) is 11.8 Å². The first-order valence-electron chi connectivity index (χ1n) is 8.42. The van der Waals surface area contributed by atoms with E-state index in [1.165, 1.54) is 36.4 Å². The molecule has 0 saturated carbocycles. The van der Waals surface area contributed by atoms with Crippen molar-refractivity contribution in [1.29, 1.82) is 0 Å². The molecule has 2 aromatic carbocycles. The van der Waals surface area contributed by atoms with Gasteiger partial charge in [-0.1, -0.05) is 0 Å². The molecule has 5 nitrogen and oxygen atoms in total. The highest BCUT2D eigenvalue weighted by molar-refractivity contribution is 5.94. The van der Waals surface area contributed by atoms with Crippen molar-refractivity contribution in [2.75, 3.05) is 24.2 Å². The molecule has 0 aliphatic heterocycles. The molecule has 2 rings (SSSR count). The van der Waals surface area contributed by atoms with Crippen molar-refractivity contribution >= 4 is 23.2 Å². The summed E-state index contributed by atoms with van der Waals surface area (Å²) in [5, 5.41) is 5.13. The third-order valence-electron chi connectivity index (χ3n) is 4.18. The average molecular weight is 398 g/mol. The molecular formula is C19H20F4N3O2+. The van der Waals surface area contributed by atoms with Crippen LogP contribution in [0.4, 0.5) is 28.9 Å². The highest BCUT2D eigenvalue weighted by Crippen LogP contribution is 2.29. The first-order chi connectivity index (χ1) is 13.1. The van der Waals surface area contributed by atoms with Crippen LogP contribution in [-0.2, 0) is 15.8 Å². The Bertz CT molecular complexity index is 821. The molecule has 0 fully saturated rings. The van der Waals surface area contributed by atoms with Crippen molar-refractivity contribution in [3.05, 3.63) is 59.9 Å². The number of anilines is 2. The van der Waals surface area contributed by atoms with E-state index < -0.39 is 29.5 Å². The van der Waals surface area contributed by atoms with E-state index in [1.807, 2.05) is 0 Å². The summed E-state index contributed by atoms with van der Waals surface area (Å²) < 4.78 is 50.6. The van der Waals surface area contributed by atoms with E-state index in [1.54, 1.807) is 14.0 Å². The van der Waals surface area contributed by atoms with Crippen molar-refractivity contribution in [1.82, 2.24) is 0 Å². The molecule has 2 aromatic rings. The molecule has 3 N–H and O–H groups in total. The number of carbonyl (C=O) groups excluding carboxylic acids is 2. The van der Waals surface area contributed by atoms with Crippen LogP contribution in [-0.4, -0.2) is 31.4 Å². The lowest BCUT2D eigenvalue weighted by Crippen LogP contribution is -3.14. The van der Waals surface area contributed by atoms with Crippen LogP contribution in [0.15, 0.2) is 48.5 Å². The zero-order valence-corrected chi connectivity index (χ0v) is 15.2. The second kappa shape index (κ2) is 8.83. The first-order valence-corrected chi connectivity index (χ1v) is 8.42. The van der Waals surface area contributed by atoms with Gasteiger partial charge in [0.1, 0.15) is 5.82 Å². The quantitative estimate of drug-likeness (QED) is 0.654. The number of nitrogens with one attached hydrogen (secondary N) is 3. The van der Waals surface area contributed by atoms with Gasteiger partial charge >= 0.3 is 6.18 Å². The fraction of sp³-hybridized carbons (Fsp3) is 0.263. The Hall–Kier alpha value is -2.94. The van der Waals surface area contributed by atoms with Crippen LogP contribution < -0.4 is 15.5 Å². The van der Waals surface area contributed by atoms with Crippen molar-refractivity contribution in [2.45, 2.75) is 19.1 Å². The molecule has 0 saturated heterocycles. The Morgan fingerprint density at radius 3 is 2.00 bits per heavy atom. The van der Waals surface area contributed by atoms with Gasteiger partial charge in [-0.3, -0.25) is 9.59 Å². The van der Waals surface area contributed by atoms with Gasteiger partial charge in [-0.25, -0.2) is 4.39 Å². The normalized spacial score (nSPS) is 13.5. The monoisotopic (exact) mass is 398 g/mol. The molecule has 0 aliphatic carbocycles. The number of hydrogen-bond donors (Lipinski definition) is 3. The van der Waals surface area contributed by atoms with Crippen molar-refractivity contribution in [3.8, 4) is 0 Å². The van der Waals surface area contributed by atoms with Crippen LogP contribution in [0.1, 0.15) is 12.5 Å². The van der Waals surface area contributed by atoms with E-state index in [-0.39, 0.29) is 18.1 Å². The minimum atomic E-state index is -4.45. The lowest BCUT2D eigenvalue weighted by Gasteiger charge is -2.20. The van der Waals surface area contributed by atoms with E-state index in [2.05, 4.69) is 10.6 Å². The lowest BCUT2D eigenvalue weighted by molar-refractivity contribution is -0.885.